The number of hydrogen-bond acceptors (Lipinski definition) is 18. The second-order valence-corrected chi connectivity index (χ2v) is 23.2. The molecule has 0 saturated carbocycles. The number of aliphatic hydroxyl groups excluding tert-OH is 11. The summed E-state index contributed by atoms with van der Waals surface area (Å²) in [7, 11) is 0. The monoisotopic (exact) mass is 1210 g/mol. The number of carbonyl (C=O) groups excluding carboxylic acids is 1. The first-order chi connectivity index (χ1) is 41.3. The molecule has 0 bridgehead atoms. The van der Waals surface area contributed by atoms with Gasteiger partial charge in [0.15, 0.2) is 18.9 Å². The van der Waals surface area contributed by atoms with Crippen LogP contribution in [0.25, 0.3) is 0 Å². The second-order valence-electron chi connectivity index (χ2n) is 23.2. The van der Waals surface area contributed by atoms with Crippen LogP contribution in [-0.4, -0.2) is 193 Å². The van der Waals surface area contributed by atoms with Gasteiger partial charge in [-0.2, -0.15) is 0 Å². The average molecular weight is 1210 g/mol. The predicted molar refractivity (Wildman–Crippen MR) is 328 cm³/mol. The number of carbonyl (C=O) groups is 1. The smallest absolute Gasteiger partial charge is 0.220 e. The first-order valence-electron chi connectivity index (χ1n) is 32.7. The van der Waals surface area contributed by atoms with Crippen LogP contribution in [0.5, 0.6) is 0 Å². The molecule has 12 N–H and O–H groups in total. The van der Waals surface area contributed by atoms with Crippen molar-refractivity contribution in [3.8, 4) is 0 Å². The van der Waals surface area contributed by atoms with Crippen molar-refractivity contribution in [2.24, 2.45) is 0 Å². The summed E-state index contributed by atoms with van der Waals surface area (Å²) in [6, 6.07) is -0.972. The largest absolute Gasteiger partial charge is 0.394 e. The Morgan fingerprint density at radius 1 is 0.435 bits per heavy atom. The van der Waals surface area contributed by atoms with Crippen molar-refractivity contribution in [3.63, 3.8) is 0 Å². The van der Waals surface area contributed by atoms with Crippen LogP contribution in [0.4, 0.5) is 0 Å². The van der Waals surface area contributed by atoms with Crippen molar-refractivity contribution in [2.45, 2.75) is 311 Å². The van der Waals surface area contributed by atoms with Gasteiger partial charge >= 0.3 is 0 Å². The molecule has 19 heteroatoms. The number of amides is 1. The molecule has 0 aliphatic carbocycles. The molecule has 3 heterocycles. The van der Waals surface area contributed by atoms with Crippen LogP contribution in [0.15, 0.2) is 72.9 Å². The molecule has 3 saturated heterocycles. The van der Waals surface area contributed by atoms with Crippen LogP contribution in [0, 0.1) is 0 Å². The zero-order chi connectivity index (χ0) is 61.9. The van der Waals surface area contributed by atoms with Crippen LogP contribution in [-0.2, 0) is 33.2 Å². The summed E-state index contributed by atoms with van der Waals surface area (Å²) in [5, 5.41) is 120. The van der Waals surface area contributed by atoms with Gasteiger partial charge in [-0.05, 0) is 64.2 Å². The van der Waals surface area contributed by atoms with Gasteiger partial charge in [-0.15, -0.1) is 0 Å². The number of nitrogens with one attached hydrogen (secondary N) is 1. The normalized spacial score (nSPS) is 29.4. The van der Waals surface area contributed by atoms with Crippen molar-refractivity contribution in [1.82, 2.24) is 5.32 Å². The highest BCUT2D eigenvalue weighted by Gasteiger charge is 2.53. The number of allylic oxidation sites excluding steroid dienone is 11. The zero-order valence-corrected chi connectivity index (χ0v) is 51.6. The van der Waals surface area contributed by atoms with Gasteiger partial charge in [0, 0.05) is 6.42 Å². The van der Waals surface area contributed by atoms with Crippen molar-refractivity contribution in [3.05, 3.63) is 72.9 Å². The van der Waals surface area contributed by atoms with E-state index in [1.54, 1.807) is 6.08 Å². The SMILES string of the molecule is CC/C=C\C/C=C\C/C=C\C/C=C\C/C=C\CCCCCCCCCCCCCCCCCCCC(=O)NC(COC1OC(CO)C(OC2OC(CO)C(OC3OC(CO)C(O)C(O)C3O)C(O)C2O)C(O)C1O)C(O)/C=C/CCCCCCC. The van der Waals surface area contributed by atoms with Crippen LogP contribution < -0.4 is 5.32 Å². The molecule has 1 amide bonds. The van der Waals surface area contributed by atoms with Gasteiger partial charge in [0.25, 0.3) is 0 Å². The first-order valence-corrected chi connectivity index (χ1v) is 32.7. The van der Waals surface area contributed by atoms with Gasteiger partial charge in [-0.3, -0.25) is 4.79 Å². The Morgan fingerprint density at radius 3 is 1.27 bits per heavy atom. The van der Waals surface area contributed by atoms with Gasteiger partial charge in [-0.25, -0.2) is 0 Å². The Balaban J connectivity index is 1.31. The molecule has 3 aliphatic heterocycles. The lowest BCUT2D eigenvalue weighted by Crippen LogP contribution is -2.66. The Labute approximate surface area is 508 Å². The minimum absolute atomic E-state index is 0.241. The topological polar surface area (TPSA) is 307 Å². The fraction of sp³-hybridized carbons (Fsp3) is 0.803. The van der Waals surface area contributed by atoms with E-state index in [2.05, 4.69) is 79.9 Å². The predicted octanol–water partition coefficient (Wildman–Crippen LogP) is 7.38. The van der Waals surface area contributed by atoms with E-state index in [4.69, 9.17) is 28.4 Å². The molecule has 17 atom stereocenters. The highest BCUT2D eigenvalue weighted by Crippen LogP contribution is 2.33. The fourth-order valence-corrected chi connectivity index (χ4v) is 10.7. The van der Waals surface area contributed by atoms with Crippen molar-refractivity contribution >= 4 is 5.91 Å². The molecule has 19 nitrogen and oxygen atoms in total. The van der Waals surface area contributed by atoms with Gasteiger partial charge in [0.2, 0.25) is 5.91 Å². The van der Waals surface area contributed by atoms with E-state index >= 15 is 0 Å². The Morgan fingerprint density at radius 2 is 0.812 bits per heavy atom. The molecule has 0 spiro atoms. The third kappa shape index (κ3) is 31.0. The van der Waals surface area contributed by atoms with Gasteiger partial charge in [0.05, 0.1) is 38.6 Å². The van der Waals surface area contributed by atoms with E-state index < -0.39 is 124 Å². The molecule has 0 aromatic carbocycles. The average Bonchev–Trinajstić information content (AvgIpc) is 3.70. The van der Waals surface area contributed by atoms with Gasteiger partial charge < -0.3 is 89.9 Å². The third-order valence-electron chi connectivity index (χ3n) is 16.0. The van der Waals surface area contributed by atoms with Crippen LogP contribution in [0.3, 0.4) is 0 Å². The highest BCUT2D eigenvalue weighted by molar-refractivity contribution is 5.76. The standard InChI is InChI=1S/C66H115NO18/c1-3-5-7-9-11-12-13-14-15-16-17-18-19-20-21-22-23-24-25-26-27-28-29-30-31-32-33-34-35-36-38-40-42-44-54(72)67-49(50(71)43-41-39-37-10-8-6-4-2)48-80-64-60(78)57(75)62(52(46-69)82-64)85-66-61(79)58(76)63(53(47-70)83-66)84-65-59(77)56(74)55(73)51(45-68)81-65/h5,7,11-12,14-15,17-18,20-21,41,43,49-53,55-66,68-71,73-79H,3-4,6,8-10,13,16,19,22-40,42,44-48H2,1-2H3,(H,67,72)/b7-5-,12-11-,15-14-,18-17-,21-20-,43-41+. The van der Waals surface area contributed by atoms with Crippen molar-refractivity contribution in [1.29, 1.82) is 0 Å². The summed E-state index contributed by atoms with van der Waals surface area (Å²) < 4.78 is 34.2. The Kier molecular flexibility index (Phi) is 43.3. The molecule has 17 unspecified atom stereocenters. The summed E-state index contributed by atoms with van der Waals surface area (Å²) in [6.07, 6.45) is 32.3. The molecule has 3 fully saturated rings. The maximum atomic E-state index is 13.3. The number of hydrogen-bond donors (Lipinski definition) is 12. The lowest BCUT2D eigenvalue weighted by atomic mass is 9.96. The molecular weight excluding hydrogens is 1090 g/mol. The number of ether oxygens (including phenoxy) is 6. The molecule has 85 heavy (non-hydrogen) atoms. The van der Waals surface area contributed by atoms with E-state index in [9.17, 15) is 61.0 Å². The third-order valence-corrected chi connectivity index (χ3v) is 16.0. The molecule has 0 radical (unpaired) electrons. The molecule has 0 aromatic rings. The zero-order valence-electron chi connectivity index (χ0n) is 51.6. The summed E-state index contributed by atoms with van der Waals surface area (Å²) in [5.74, 6) is -0.282. The number of rotatable bonds is 48. The van der Waals surface area contributed by atoms with Crippen LogP contribution in [0.2, 0.25) is 0 Å². The molecule has 3 rings (SSSR count). The summed E-state index contributed by atoms with van der Waals surface area (Å²) in [6.45, 7) is 1.53. The Hall–Kier alpha value is -2.77. The van der Waals surface area contributed by atoms with E-state index in [0.717, 1.165) is 89.9 Å². The fourth-order valence-electron chi connectivity index (χ4n) is 10.7. The molecule has 0 aromatic heterocycles. The maximum absolute atomic E-state index is 13.3. The van der Waals surface area contributed by atoms with E-state index in [0.29, 0.717) is 6.42 Å². The second kappa shape index (κ2) is 48.1. The Bertz CT molecular complexity index is 1830. The van der Waals surface area contributed by atoms with E-state index in [1.165, 1.54) is 89.9 Å². The lowest BCUT2D eigenvalue weighted by Gasteiger charge is -2.48. The molecular formula is C66H115NO18. The summed E-state index contributed by atoms with van der Waals surface area (Å²) in [5.41, 5.74) is 0. The summed E-state index contributed by atoms with van der Waals surface area (Å²) in [4.78, 5) is 13.3. The number of aliphatic hydroxyl groups is 11. The minimum Gasteiger partial charge on any atom is -0.394 e. The van der Waals surface area contributed by atoms with Crippen LogP contribution in [0.1, 0.15) is 206 Å². The minimum atomic E-state index is -1.98. The lowest BCUT2D eigenvalue weighted by molar-refractivity contribution is -0.379. The summed E-state index contributed by atoms with van der Waals surface area (Å²) >= 11 is 0. The maximum Gasteiger partial charge on any atom is 0.220 e. The van der Waals surface area contributed by atoms with E-state index in [1.807, 2.05) is 6.08 Å². The van der Waals surface area contributed by atoms with Crippen molar-refractivity contribution in [2.75, 3.05) is 26.4 Å². The van der Waals surface area contributed by atoms with Gasteiger partial charge in [-0.1, -0.05) is 209 Å². The number of unbranched alkanes of at least 4 members (excludes halogenated alkanes) is 22. The molecule has 492 valence electrons. The van der Waals surface area contributed by atoms with Crippen LogP contribution >= 0.6 is 0 Å². The van der Waals surface area contributed by atoms with E-state index in [-0.39, 0.29) is 18.9 Å². The van der Waals surface area contributed by atoms with Crippen molar-refractivity contribution < 1.29 is 89.4 Å². The quantitative estimate of drug-likeness (QED) is 0.0209. The van der Waals surface area contributed by atoms with Gasteiger partial charge in [0.1, 0.15) is 73.2 Å². The first kappa shape index (κ1) is 76.5. The highest BCUT2D eigenvalue weighted by atomic mass is 16.8. The molecule has 3 aliphatic rings.